The number of hydrogen-bond donors (Lipinski definition) is 2. The van der Waals surface area contributed by atoms with Crippen molar-refractivity contribution in [3.05, 3.63) is 12.7 Å². The van der Waals surface area contributed by atoms with Crippen molar-refractivity contribution in [1.29, 1.82) is 0 Å². The second-order valence-corrected chi connectivity index (χ2v) is 3.96. The average Bonchev–Trinajstić information content (AvgIpc) is 2.99. The van der Waals surface area contributed by atoms with E-state index in [9.17, 15) is 9.59 Å². The first-order valence-corrected chi connectivity index (χ1v) is 5.35. The van der Waals surface area contributed by atoms with Crippen LogP contribution in [0.1, 0.15) is 32.1 Å². The lowest BCUT2D eigenvalue weighted by molar-refractivity contribution is -0.128. The second-order valence-electron chi connectivity index (χ2n) is 3.96. The summed E-state index contributed by atoms with van der Waals surface area (Å²) in [7, 11) is 0. The van der Waals surface area contributed by atoms with Gasteiger partial charge in [-0.3, -0.25) is 9.59 Å². The molecule has 4 heteroatoms. The number of unbranched alkanes of at least 4 members (excludes halogenated alkanes) is 1. The van der Waals surface area contributed by atoms with Gasteiger partial charge in [0.25, 0.3) is 0 Å². The SMILES string of the molecule is C=CCCC[C@H](NC(=O)C1CC1)C(N)=O. The van der Waals surface area contributed by atoms with Crippen molar-refractivity contribution in [2.24, 2.45) is 11.7 Å². The molecule has 15 heavy (non-hydrogen) atoms. The molecular weight excluding hydrogens is 192 g/mol. The van der Waals surface area contributed by atoms with Gasteiger partial charge in [0.2, 0.25) is 11.8 Å². The van der Waals surface area contributed by atoms with Crippen LogP contribution in [-0.4, -0.2) is 17.9 Å². The number of hydrogen-bond acceptors (Lipinski definition) is 2. The van der Waals surface area contributed by atoms with Gasteiger partial charge in [-0.15, -0.1) is 6.58 Å². The largest absolute Gasteiger partial charge is 0.368 e. The Morgan fingerprint density at radius 2 is 2.20 bits per heavy atom. The second kappa shape index (κ2) is 5.53. The predicted molar refractivity (Wildman–Crippen MR) is 57.9 cm³/mol. The lowest BCUT2D eigenvalue weighted by Gasteiger charge is -2.14. The van der Waals surface area contributed by atoms with E-state index >= 15 is 0 Å². The van der Waals surface area contributed by atoms with Gasteiger partial charge < -0.3 is 11.1 Å². The summed E-state index contributed by atoms with van der Waals surface area (Å²) in [6, 6.07) is -0.516. The van der Waals surface area contributed by atoms with Crippen LogP contribution in [0.2, 0.25) is 0 Å². The maximum Gasteiger partial charge on any atom is 0.239 e. The molecule has 0 aromatic carbocycles. The molecule has 0 heterocycles. The van der Waals surface area contributed by atoms with Crippen LogP contribution in [0.3, 0.4) is 0 Å². The number of carbonyl (C=O) groups is 2. The van der Waals surface area contributed by atoms with Gasteiger partial charge >= 0.3 is 0 Å². The van der Waals surface area contributed by atoms with Gasteiger partial charge in [-0.1, -0.05) is 6.08 Å². The van der Waals surface area contributed by atoms with Crippen molar-refractivity contribution in [2.45, 2.75) is 38.1 Å². The zero-order chi connectivity index (χ0) is 11.3. The molecule has 1 fully saturated rings. The van der Waals surface area contributed by atoms with E-state index in [0.29, 0.717) is 6.42 Å². The molecule has 0 radical (unpaired) electrons. The first kappa shape index (κ1) is 11.8. The number of carbonyl (C=O) groups excluding carboxylic acids is 2. The van der Waals surface area contributed by atoms with E-state index in [1.807, 2.05) is 0 Å². The van der Waals surface area contributed by atoms with E-state index in [-0.39, 0.29) is 11.8 Å². The number of rotatable bonds is 7. The highest BCUT2D eigenvalue weighted by Crippen LogP contribution is 2.28. The van der Waals surface area contributed by atoms with Crippen molar-refractivity contribution >= 4 is 11.8 Å². The van der Waals surface area contributed by atoms with Gasteiger partial charge in [0.15, 0.2) is 0 Å². The third-order valence-corrected chi connectivity index (χ3v) is 2.51. The van der Waals surface area contributed by atoms with Gasteiger partial charge in [-0.25, -0.2) is 0 Å². The van der Waals surface area contributed by atoms with Gasteiger partial charge in [-0.2, -0.15) is 0 Å². The molecule has 0 spiro atoms. The van der Waals surface area contributed by atoms with E-state index in [0.717, 1.165) is 25.7 Å². The number of nitrogens with one attached hydrogen (secondary N) is 1. The molecule has 0 unspecified atom stereocenters. The van der Waals surface area contributed by atoms with Crippen LogP contribution in [0.15, 0.2) is 12.7 Å². The summed E-state index contributed by atoms with van der Waals surface area (Å²) < 4.78 is 0. The summed E-state index contributed by atoms with van der Waals surface area (Å²) in [5, 5.41) is 2.69. The summed E-state index contributed by atoms with van der Waals surface area (Å²) in [6.45, 7) is 3.60. The standard InChI is InChI=1S/C11H18N2O2/c1-2-3-4-5-9(10(12)14)13-11(15)8-6-7-8/h2,8-9H,1,3-7H2,(H2,12,14)(H,13,15)/t9-/m0/s1. The Balaban J connectivity index is 2.31. The monoisotopic (exact) mass is 210 g/mol. The maximum absolute atomic E-state index is 11.4. The molecule has 2 amide bonds. The minimum Gasteiger partial charge on any atom is -0.368 e. The van der Waals surface area contributed by atoms with Crippen molar-refractivity contribution in [2.75, 3.05) is 0 Å². The smallest absolute Gasteiger partial charge is 0.239 e. The molecule has 1 atom stereocenters. The normalized spacial score (nSPS) is 16.8. The topological polar surface area (TPSA) is 72.2 Å². The fraction of sp³-hybridized carbons (Fsp3) is 0.636. The van der Waals surface area contributed by atoms with Crippen LogP contribution in [0, 0.1) is 5.92 Å². The summed E-state index contributed by atoms with van der Waals surface area (Å²) in [5.41, 5.74) is 5.21. The van der Waals surface area contributed by atoms with Crippen LogP contribution >= 0.6 is 0 Å². The van der Waals surface area contributed by atoms with E-state index < -0.39 is 11.9 Å². The van der Waals surface area contributed by atoms with Crippen LogP contribution in [0.25, 0.3) is 0 Å². The Labute approximate surface area is 89.9 Å². The Kier molecular flexibility index (Phi) is 4.34. The Morgan fingerprint density at radius 3 is 2.67 bits per heavy atom. The third kappa shape index (κ3) is 4.14. The summed E-state index contributed by atoms with van der Waals surface area (Å²) >= 11 is 0. The first-order chi connectivity index (χ1) is 7.15. The fourth-order valence-electron chi connectivity index (χ4n) is 1.39. The predicted octanol–water partition coefficient (Wildman–Crippen LogP) is 0.723. The number of primary amides is 1. The minimum absolute atomic E-state index is 0.0302. The summed E-state index contributed by atoms with van der Waals surface area (Å²) in [5.74, 6) is -0.364. The molecule has 1 aliphatic carbocycles. The highest BCUT2D eigenvalue weighted by molar-refractivity contribution is 5.88. The quantitative estimate of drug-likeness (QED) is 0.480. The van der Waals surface area contributed by atoms with Crippen LogP contribution < -0.4 is 11.1 Å². The lowest BCUT2D eigenvalue weighted by Crippen LogP contribution is -2.44. The molecule has 0 aromatic rings. The molecule has 0 aromatic heterocycles. The van der Waals surface area contributed by atoms with Crippen molar-refractivity contribution in [1.82, 2.24) is 5.32 Å². The van der Waals surface area contributed by atoms with E-state index in [1.165, 1.54) is 0 Å². The zero-order valence-corrected chi connectivity index (χ0v) is 8.87. The van der Waals surface area contributed by atoms with Crippen molar-refractivity contribution < 1.29 is 9.59 Å². The van der Waals surface area contributed by atoms with Crippen LogP contribution in [0.5, 0.6) is 0 Å². The van der Waals surface area contributed by atoms with Crippen molar-refractivity contribution in [3.63, 3.8) is 0 Å². The molecule has 1 rings (SSSR count). The minimum atomic E-state index is -0.516. The fourth-order valence-corrected chi connectivity index (χ4v) is 1.39. The molecule has 0 bridgehead atoms. The Morgan fingerprint density at radius 1 is 1.53 bits per heavy atom. The van der Waals surface area contributed by atoms with E-state index in [2.05, 4.69) is 11.9 Å². The van der Waals surface area contributed by atoms with E-state index in [4.69, 9.17) is 5.73 Å². The molecular formula is C11H18N2O2. The Hall–Kier alpha value is -1.32. The van der Waals surface area contributed by atoms with Gasteiger partial charge in [0.05, 0.1) is 0 Å². The average molecular weight is 210 g/mol. The molecule has 4 nitrogen and oxygen atoms in total. The highest BCUT2D eigenvalue weighted by Gasteiger charge is 2.31. The van der Waals surface area contributed by atoms with Crippen LogP contribution in [-0.2, 0) is 9.59 Å². The summed E-state index contributed by atoms with van der Waals surface area (Å²) in [4.78, 5) is 22.5. The number of amides is 2. The molecule has 0 saturated heterocycles. The van der Waals surface area contributed by atoms with Crippen LogP contribution in [0.4, 0.5) is 0 Å². The molecule has 1 saturated carbocycles. The number of nitrogens with two attached hydrogens (primary N) is 1. The first-order valence-electron chi connectivity index (χ1n) is 5.35. The van der Waals surface area contributed by atoms with Gasteiger partial charge in [-0.05, 0) is 32.1 Å². The van der Waals surface area contributed by atoms with Gasteiger partial charge in [0, 0.05) is 5.92 Å². The number of allylic oxidation sites excluding steroid dienone is 1. The summed E-state index contributed by atoms with van der Waals surface area (Å²) in [6.07, 6.45) is 5.92. The zero-order valence-electron chi connectivity index (χ0n) is 8.87. The molecule has 3 N–H and O–H groups in total. The van der Waals surface area contributed by atoms with E-state index in [1.54, 1.807) is 6.08 Å². The molecule has 0 aliphatic heterocycles. The molecule has 84 valence electrons. The highest BCUT2D eigenvalue weighted by atomic mass is 16.2. The Bertz CT molecular complexity index is 259. The lowest BCUT2D eigenvalue weighted by atomic mass is 10.1. The van der Waals surface area contributed by atoms with Crippen molar-refractivity contribution in [3.8, 4) is 0 Å². The molecule has 1 aliphatic rings. The van der Waals surface area contributed by atoms with Gasteiger partial charge in [0.1, 0.15) is 6.04 Å². The third-order valence-electron chi connectivity index (χ3n) is 2.51. The maximum atomic E-state index is 11.4.